The van der Waals surface area contributed by atoms with Gasteiger partial charge in [0.25, 0.3) is 5.91 Å². The van der Waals surface area contributed by atoms with Crippen LogP contribution in [0.1, 0.15) is 30.1 Å². The molecular weight excluding hydrogens is 240 g/mol. The van der Waals surface area contributed by atoms with Gasteiger partial charge < -0.3 is 15.0 Å². The van der Waals surface area contributed by atoms with E-state index in [0.717, 1.165) is 37.2 Å². The van der Waals surface area contributed by atoms with E-state index in [4.69, 9.17) is 4.74 Å². The molecule has 1 fully saturated rings. The van der Waals surface area contributed by atoms with Crippen LogP contribution in [0.2, 0.25) is 0 Å². The Kier molecular flexibility index (Phi) is 4.80. The molecule has 1 aliphatic heterocycles. The van der Waals surface area contributed by atoms with Crippen molar-refractivity contribution in [3.8, 4) is 0 Å². The summed E-state index contributed by atoms with van der Waals surface area (Å²) in [5, 5.41) is 3.22. The number of hydrogen-bond donors (Lipinski definition) is 1. The number of rotatable bonds is 4. The number of nitrogens with one attached hydrogen (secondary N) is 1. The van der Waals surface area contributed by atoms with Gasteiger partial charge in [-0.2, -0.15) is 0 Å². The Morgan fingerprint density at radius 3 is 2.79 bits per heavy atom. The summed E-state index contributed by atoms with van der Waals surface area (Å²) >= 11 is 0. The molecule has 1 saturated heterocycles. The van der Waals surface area contributed by atoms with Crippen LogP contribution in [-0.4, -0.2) is 43.7 Å². The van der Waals surface area contributed by atoms with E-state index in [-0.39, 0.29) is 12.0 Å². The number of hydrogen-bond acceptors (Lipinski definition) is 3. The number of carbonyl (C=O) groups is 1. The van der Waals surface area contributed by atoms with Gasteiger partial charge in [-0.15, -0.1) is 0 Å². The summed E-state index contributed by atoms with van der Waals surface area (Å²) in [6.45, 7) is 4.46. The summed E-state index contributed by atoms with van der Waals surface area (Å²) in [6, 6.07) is 7.68. The molecule has 104 valence electrons. The lowest BCUT2D eigenvalue weighted by atomic mass is 10.1. The first-order valence-electron chi connectivity index (χ1n) is 6.90. The minimum Gasteiger partial charge on any atom is -0.385 e. The van der Waals surface area contributed by atoms with Crippen molar-refractivity contribution in [1.29, 1.82) is 0 Å². The van der Waals surface area contributed by atoms with Crippen LogP contribution in [0.5, 0.6) is 0 Å². The van der Waals surface area contributed by atoms with Crippen LogP contribution in [0.15, 0.2) is 24.3 Å². The van der Waals surface area contributed by atoms with Gasteiger partial charge in [0.15, 0.2) is 0 Å². The second kappa shape index (κ2) is 6.57. The highest BCUT2D eigenvalue weighted by Crippen LogP contribution is 2.17. The van der Waals surface area contributed by atoms with E-state index in [9.17, 15) is 4.79 Å². The number of likely N-dealkylation sites (tertiary alicyclic amines) is 1. The van der Waals surface area contributed by atoms with Gasteiger partial charge >= 0.3 is 0 Å². The monoisotopic (exact) mass is 262 g/mol. The number of methoxy groups -OCH3 is 1. The first-order chi connectivity index (χ1) is 9.24. The summed E-state index contributed by atoms with van der Waals surface area (Å²) in [5.74, 6) is 0.102. The molecule has 0 aliphatic carbocycles. The maximum atomic E-state index is 12.4. The summed E-state index contributed by atoms with van der Waals surface area (Å²) in [7, 11) is 1.71. The van der Waals surface area contributed by atoms with Crippen LogP contribution < -0.4 is 5.32 Å². The van der Waals surface area contributed by atoms with Crippen molar-refractivity contribution in [1.82, 2.24) is 4.90 Å². The van der Waals surface area contributed by atoms with Gasteiger partial charge in [0, 0.05) is 38.0 Å². The summed E-state index contributed by atoms with van der Waals surface area (Å²) in [5.41, 5.74) is 1.80. The summed E-state index contributed by atoms with van der Waals surface area (Å²) < 4.78 is 5.35. The van der Waals surface area contributed by atoms with Gasteiger partial charge in [0.05, 0.1) is 6.10 Å². The largest absolute Gasteiger partial charge is 0.385 e. The third-order valence-electron chi connectivity index (χ3n) is 3.51. The Labute approximate surface area is 114 Å². The standard InChI is InChI=1S/C15H22N2O2/c1-3-16-13-8-6-12(7-9-13)15(18)17-10-4-5-14(11-17)19-2/h6-9,14,16H,3-5,10-11H2,1-2H3. The SMILES string of the molecule is CCNc1ccc(C(=O)N2CCCC(OC)C2)cc1. The van der Waals surface area contributed by atoms with Crippen molar-refractivity contribution < 1.29 is 9.53 Å². The zero-order valence-corrected chi connectivity index (χ0v) is 11.7. The van der Waals surface area contributed by atoms with Gasteiger partial charge in [-0.3, -0.25) is 4.79 Å². The van der Waals surface area contributed by atoms with Gasteiger partial charge in [0.1, 0.15) is 0 Å². The minimum atomic E-state index is 0.102. The predicted octanol–water partition coefficient (Wildman–Crippen LogP) is 2.37. The van der Waals surface area contributed by atoms with Crippen LogP contribution in [0.25, 0.3) is 0 Å². The molecule has 1 amide bonds. The molecule has 4 nitrogen and oxygen atoms in total. The maximum Gasteiger partial charge on any atom is 0.253 e. The van der Waals surface area contributed by atoms with Gasteiger partial charge in [-0.05, 0) is 44.0 Å². The predicted molar refractivity (Wildman–Crippen MR) is 76.5 cm³/mol. The molecule has 0 spiro atoms. The molecule has 1 heterocycles. The van der Waals surface area contributed by atoms with Crippen molar-refractivity contribution in [2.75, 3.05) is 32.1 Å². The van der Waals surface area contributed by atoms with E-state index in [2.05, 4.69) is 12.2 Å². The Balaban J connectivity index is 2.02. The van der Waals surface area contributed by atoms with Crippen LogP contribution in [0, 0.1) is 0 Å². The van der Waals surface area contributed by atoms with Crippen LogP contribution in [0.3, 0.4) is 0 Å². The molecule has 1 N–H and O–H groups in total. The van der Waals surface area contributed by atoms with Crippen molar-refractivity contribution in [2.45, 2.75) is 25.9 Å². The maximum absolute atomic E-state index is 12.4. The molecule has 1 unspecified atom stereocenters. The summed E-state index contributed by atoms with van der Waals surface area (Å²) in [4.78, 5) is 14.3. The van der Waals surface area contributed by atoms with Gasteiger partial charge in [0.2, 0.25) is 0 Å². The molecule has 2 rings (SSSR count). The first-order valence-corrected chi connectivity index (χ1v) is 6.90. The fourth-order valence-electron chi connectivity index (χ4n) is 2.43. The smallest absolute Gasteiger partial charge is 0.253 e. The number of nitrogens with zero attached hydrogens (tertiary/aromatic N) is 1. The fraction of sp³-hybridized carbons (Fsp3) is 0.533. The Morgan fingerprint density at radius 1 is 1.42 bits per heavy atom. The molecule has 0 saturated carbocycles. The molecule has 0 aromatic heterocycles. The molecule has 0 bridgehead atoms. The molecule has 1 aromatic rings. The lowest BCUT2D eigenvalue weighted by Crippen LogP contribution is -2.42. The van der Waals surface area contributed by atoms with Gasteiger partial charge in [-0.1, -0.05) is 0 Å². The third kappa shape index (κ3) is 3.47. The van der Waals surface area contributed by atoms with Crippen molar-refractivity contribution in [2.24, 2.45) is 0 Å². The van der Waals surface area contributed by atoms with Crippen molar-refractivity contribution >= 4 is 11.6 Å². The second-order valence-corrected chi connectivity index (χ2v) is 4.86. The van der Waals surface area contributed by atoms with Crippen molar-refractivity contribution in [3.63, 3.8) is 0 Å². The lowest BCUT2D eigenvalue weighted by molar-refractivity contribution is 0.0269. The molecule has 1 aromatic carbocycles. The topological polar surface area (TPSA) is 41.6 Å². The third-order valence-corrected chi connectivity index (χ3v) is 3.51. The van der Waals surface area contributed by atoms with E-state index in [0.29, 0.717) is 6.54 Å². The summed E-state index contributed by atoms with van der Waals surface area (Å²) in [6.07, 6.45) is 2.23. The van der Waals surface area contributed by atoms with Crippen LogP contribution in [-0.2, 0) is 4.74 Å². The Hall–Kier alpha value is -1.55. The van der Waals surface area contributed by atoms with Gasteiger partial charge in [-0.25, -0.2) is 0 Å². The van der Waals surface area contributed by atoms with E-state index in [1.807, 2.05) is 29.2 Å². The highest BCUT2D eigenvalue weighted by Gasteiger charge is 2.24. The first kappa shape index (κ1) is 13.9. The van der Waals surface area contributed by atoms with E-state index in [1.165, 1.54) is 0 Å². The number of amides is 1. The van der Waals surface area contributed by atoms with E-state index < -0.39 is 0 Å². The highest BCUT2D eigenvalue weighted by molar-refractivity contribution is 5.94. The average molecular weight is 262 g/mol. The highest BCUT2D eigenvalue weighted by atomic mass is 16.5. The Morgan fingerprint density at radius 2 is 2.16 bits per heavy atom. The molecule has 0 radical (unpaired) electrons. The number of benzene rings is 1. The Bertz CT molecular complexity index is 417. The number of carbonyl (C=O) groups excluding carboxylic acids is 1. The zero-order valence-electron chi connectivity index (χ0n) is 11.7. The number of ether oxygens (including phenoxy) is 1. The van der Waals surface area contributed by atoms with E-state index >= 15 is 0 Å². The molecule has 4 heteroatoms. The molecule has 19 heavy (non-hydrogen) atoms. The second-order valence-electron chi connectivity index (χ2n) is 4.86. The molecule has 1 aliphatic rings. The average Bonchev–Trinajstić information content (AvgIpc) is 2.48. The minimum absolute atomic E-state index is 0.102. The molecule has 1 atom stereocenters. The van der Waals surface area contributed by atoms with Crippen LogP contribution >= 0.6 is 0 Å². The lowest BCUT2D eigenvalue weighted by Gasteiger charge is -2.32. The van der Waals surface area contributed by atoms with Crippen LogP contribution in [0.4, 0.5) is 5.69 Å². The van der Waals surface area contributed by atoms with E-state index in [1.54, 1.807) is 7.11 Å². The fourth-order valence-corrected chi connectivity index (χ4v) is 2.43. The van der Waals surface area contributed by atoms with Crippen molar-refractivity contribution in [3.05, 3.63) is 29.8 Å². The number of piperidine rings is 1. The zero-order chi connectivity index (χ0) is 13.7. The normalized spacial score (nSPS) is 19.3. The quantitative estimate of drug-likeness (QED) is 0.905. The molecular formula is C15H22N2O2. The number of anilines is 1.